The fraction of sp³-hybridized carbons (Fsp3) is 0.143. The van der Waals surface area contributed by atoms with Crippen molar-refractivity contribution in [3.63, 3.8) is 0 Å². The zero-order valence-electron chi connectivity index (χ0n) is 11.4. The zero-order valence-corrected chi connectivity index (χ0v) is 14.6. The van der Waals surface area contributed by atoms with E-state index in [0.717, 1.165) is 21.1 Å². The van der Waals surface area contributed by atoms with Gasteiger partial charge in [-0.1, -0.05) is 41.9 Å². The van der Waals surface area contributed by atoms with Crippen molar-refractivity contribution in [2.24, 2.45) is 0 Å². The van der Waals surface area contributed by atoms with Gasteiger partial charge in [-0.3, -0.25) is 9.78 Å². The fourth-order valence-electron chi connectivity index (χ4n) is 2.09. The average molecular weight is 372 g/mol. The Balaban J connectivity index is 2.19. The van der Waals surface area contributed by atoms with Crippen molar-refractivity contribution in [2.45, 2.75) is 23.1 Å². The van der Waals surface area contributed by atoms with Gasteiger partial charge in [-0.2, -0.15) is 0 Å². The van der Waals surface area contributed by atoms with Crippen LogP contribution in [0.1, 0.15) is 11.8 Å². The highest BCUT2D eigenvalue weighted by atomic mass is 35.5. The molecule has 0 saturated carbocycles. The van der Waals surface area contributed by atoms with Gasteiger partial charge in [0.1, 0.15) is 4.83 Å². The van der Waals surface area contributed by atoms with Gasteiger partial charge in [-0.05, 0) is 24.6 Å². The molecule has 1 aromatic carbocycles. The lowest BCUT2D eigenvalue weighted by Crippen LogP contribution is -2.10. The minimum atomic E-state index is -0.228. The Morgan fingerprint density at radius 3 is 2.64 bits per heavy atom. The number of H-pyrrole nitrogens is 1. The number of aryl methyl sites for hydroxylation is 1. The molecule has 0 saturated heterocycles. The minimum Gasteiger partial charge on any atom is -0.369 e. The molecule has 3 N–H and O–H groups in total. The molecule has 3 rings (SSSR count). The second-order valence-electron chi connectivity index (χ2n) is 4.55. The average Bonchev–Trinajstić information content (AvgIpc) is 2.75. The van der Waals surface area contributed by atoms with E-state index in [4.69, 9.17) is 28.9 Å². The van der Waals surface area contributed by atoms with Crippen LogP contribution >= 0.6 is 46.3 Å². The van der Waals surface area contributed by atoms with Crippen molar-refractivity contribution in [1.29, 1.82) is 0 Å². The van der Waals surface area contributed by atoms with Crippen LogP contribution < -0.4 is 11.3 Å². The summed E-state index contributed by atoms with van der Waals surface area (Å²) in [6, 6.07) is 5.31. The molecule has 114 valence electrons. The molecule has 2 heterocycles. The second-order valence-corrected chi connectivity index (χ2v) is 7.59. The molecule has 0 radical (unpaired) electrons. The molecule has 0 aliphatic carbocycles. The van der Waals surface area contributed by atoms with E-state index >= 15 is 0 Å². The van der Waals surface area contributed by atoms with Crippen LogP contribution in [0.25, 0.3) is 10.2 Å². The van der Waals surface area contributed by atoms with Gasteiger partial charge in [0.15, 0.2) is 0 Å². The van der Waals surface area contributed by atoms with Gasteiger partial charge < -0.3 is 5.73 Å². The summed E-state index contributed by atoms with van der Waals surface area (Å²) in [4.78, 5) is 22.5. The molecule has 0 atom stereocenters. The smallest absolute Gasteiger partial charge is 0.262 e. The maximum absolute atomic E-state index is 12.2. The molecule has 0 bridgehead atoms. The summed E-state index contributed by atoms with van der Waals surface area (Å²) in [5.41, 5.74) is 5.39. The van der Waals surface area contributed by atoms with Crippen molar-refractivity contribution in [3.8, 4) is 0 Å². The number of benzene rings is 1. The summed E-state index contributed by atoms with van der Waals surface area (Å²) in [7, 11) is 0. The number of halogens is 2. The summed E-state index contributed by atoms with van der Waals surface area (Å²) >= 11 is 15.0. The number of nitrogen functional groups attached to an aromatic ring is 1. The van der Waals surface area contributed by atoms with E-state index < -0.39 is 0 Å². The van der Waals surface area contributed by atoms with Crippen molar-refractivity contribution in [3.05, 3.63) is 43.5 Å². The Morgan fingerprint density at radius 2 is 2.00 bits per heavy atom. The SMILES string of the molecule is CCc1sc2nc(N)[nH]c(=O)c2c1Sc1cc(Cl)cc(Cl)c1. The third kappa shape index (κ3) is 2.96. The largest absolute Gasteiger partial charge is 0.369 e. The topological polar surface area (TPSA) is 71.8 Å². The van der Waals surface area contributed by atoms with E-state index in [1.165, 1.54) is 23.1 Å². The summed E-state index contributed by atoms with van der Waals surface area (Å²) in [6.45, 7) is 2.04. The van der Waals surface area contributed by atoms with E-state index in [1.54, 1.807) is 6.07 Å². The summed E-state index contributed by atoms with van der Waals surface area (Å²) < 4.78 is 0. The second kappa shape index (κ2) is 6.12. The van der Waals surface area contributed by atoms with Gasteiger partial charge in [0.2, 0.25) is 5.95 Å². The van der Waals surface area contributed by atoms with Crippen LogP contribution in [0.4, 0.5) is 5.95 Å². The fourth-order valence-corrected chi connectivity index (χ4v) is 5.23. The number of nitrogens with two attached hydrogens (primary N) is 1. The van der Waals surface area contributed by atoms with E-state index in [2.05, 4.69) is 9.97 Å². The highest BCUT2D eigenvalue weighted by Gasteiger charge is 2.17. The summed E-state index contributed by atoms with van der Waals surface area (Å²) in [5, 5.41) is 1.69. The lowest BCUT2D eigenvalue weighted by molar-refractivity contribution is 1.13. The first-order valence-electron chi connectivity index (χ1n) is 6.43. The first-order valence-corrected chi connectivity index (χ1v) is 8.82. The van der Waals surface area contributed by atoms with Crippen LogP contribution in [0.5, 0.6) is 0 Å². The Morgan fingerprint density at radius 1 is 1.32 bits per heavy atom. The molecule has 0 aliphatic heterocycles. The predicted octanol–water partition coefficient (Wildman–Crippen LogP) is 4.59. The molecule has 22 heavy (non-hydrogen) atoms. The highest BCUT2D eigenvalue weighted by molar-refractivity contribution is 7.99. The van der Waals surface area contributed by atoms with Crippen LogP contribution in [0.3, 0.4) is 0 Å². The molecule has 0 fully saturated rings. The third-order valence-electron chi connectivity index (χ3n) is 2.98. The van der Waals surface area contributed by atoms with E-state index in [1.807, 2.05) is 19.1 Å². The lowest BCUT2D eigenvalue weighted by atomic mass is 10.3. The molecule has 3 aromatic rings. The molecule has 0 spiro atoms. The van der Waals surface area contributed by atoms with Gasteiger partial charge in [-0.25, -0.2) is 4.98 Å². The number of fused-ring (bicyclic) bond motifs is 1. The number of aromatic nitrogens is 2. The van der Waals surface area contributed by atoms with E-state index in [-0.39, 0.29) is 11.5 Å². The number of nitrogens with one attached hydrogen (secondary N) is 1. The van der Waals surface area contributed by atoms with Crippen LogP contribution in [-0.2, 0) is 6.42 Å². The minimum absolute atomic E-state index is 0.128. The number of aromatic amines is 1. The molecule has 0 unspecified atom stereocenters. The van der Waals surface area contributed by atoms with Gasteiger partial charge in [0.05, 0.1) is 5.39 Å². The Kier molecular flexibility index (Phi) is 4.36. The van der Waals surface area contributed by atoms with E-state index in [0.29, 0.717) is 20.3 Å². The van der Waals surface area contributed by atoms with Crippen LogP contribution in [0.2, 0.25) is 10.0 Å². The first kappa shape index (κ1) is 15.7. The summed E-state index contributed by atoms with van der Waals surface area (Å²) in [5.74, 6) is 0.128. The van der Waals surface area contributed by atoms with Crippen LogP contribution in [0.15, 0.2) is 32.8 Å². The van der Waals surface area contributed by atoms with Gasteiger partial charge in [0, 0.05) is 24.7 Å². The summed E-state index contributed by atoms with van der Waals surface area (Å²) in [6.07, 6.45) is 0.803. The van der Waals surface area contributed by atoms with Crippen molar-refractivity contribution in [2.75, 3.05) is 5.73 Å². The number of anilines is 1. The number of hydrogen-bond donors (Lipinski definition) is 2. The number of hydrogen-bond acceptors (Lipinski definition) is 5. The highest BCUT2D eigenvalue weighted by Crippen LogP contribution is 2.41. The molecular formula is C14H11Cl2N3OS2. The third-order valence-corrected chi connectivity index (χ3v) is 5.90. The first-order chi connectivity index (χ1) is 10.5. The van der Waals surface area contributed by atoms with Gasteiger partial charge >= 0.3 is 0 Å². The predicted molar refractivity (Wildman–Crippen MR) is 94.6 cm³/mol. The molecule has 8 heteroatoms. The standard InChI is InChI=1S/C14H11Cl2N3OS2/c1-2-9-11(21-8-4-6(15)3-7(16)5-8)10-12(20)18-14(17)19-13(10)22-9/h3-5H,2H2,1H3,(H3,17,18,19,20). The van der Waals surface area contributed by atoms with Crippen molar-refractivity contribution >= 4 is 62.5 Å². The zero-order chi connectivity index (χ0) is 15.9. The molecule has 4 nitrogen and oxygen atoms in total. The van der Waals surface area contributed by atoms with Crippen LogP contribution in [-0.4, -0.2) is 9.97 Å². The lowest BCUT2D eigenvalue weighted by Gasteiger charge is -2.04. The number of rotatable bonds is 3. The quantitative estimate of drug-likeness (QED) is 0.706. The van der Waals surface area contributed by atoms with Gasteiger partial charge in [0.25, 0.3) is 5.56 Å². The number of nitrogens with zero attached hydrogens (tertiary/aromatic N) is 1. The molecule has 2 aromatic heterocycles. The maximum atomic E-state index is 12.2. The monoisotopic (exact) mass is 371 g/mol. The Labute approximate surface area is 144 Å². The van der Waals surface area contributed by atoms with Gasteiger partial charge in [-0.15, -0.1) is 11.3 Å². The molecular weight excluding hydrogens is 361 g/mol. The van der Waals surface area contributed by atoms with E-state index in [9.17, 15) is 4.79 Å². The van der Waals surface area contributed by atoms with Crippen LogP contribution in [0, 0.1) is 0 Å². The normalized spacial score (nSPS) is 11.2. The molecule has 0 aliphatic rings. The Hall–Kier alpha value is -1.21. The maximum Gasteiger partial charge on any atom is 0.262 e. The number of thiophene rings is 1. The van der Waals surface area contributed by atoms with Crippen molar-refractivity contribution in [1.82, 2.24) is 9.97 Å². The van der Waals surface area contributed by atoms with Crippen molar-refractivity contribution < 1.29 is 0 Å². The Bertz CT molecular complexity index is 900. The molecule has 0 amide bonds.